The Kier molecular flexibility index (Phi) is 2.27. The van der Waals surface area contributed by atoms with Gasteiger partial charge in [0.1, 0.15) is 11.4 Å². The topological polar surface area (TPSA) is 20.2 Å². The molecule has 0 heterocycles. The lowest BCUT2D eigenvalue weighted by Crippen LogP contribution is -2.25. The van der Waals surface area contributed by atoms with E-state index in [1.165, 1.54) is 0 Å². The van der Waals surface area contributed by atoms with E-state index in [2.05, 4.69) is 0 Å². The van der Waals surface area contributed by atoms with Gasteiger partial charge in [-0.2, -0.15) is 0 Å². The van der Waals surface area contributed by atoms with Gasteiger partial charge in [0, 0.05) is 5.92 Å². The second kappa shape index (κ2) is 2.92. The minimum absolute atomic E-state index is 0.103. The average Bonchev–Trinajstić information content (AvgIpc) is 1.92. The molecule has 1 atom stereocenters. The zero-order valence-electron chi connectivity index (χ0n) is 7.76. The van der Waals surface area contributed by atoms with Crippen molar-refractivity contribution >= 4 is 0 Å². The number of aliphatic hydroxyl groups excluding tert-OH is 1. The van der Waals surface area contributed by atoms with Crippen LogP contribution in [-0.2, 0) is 0 Å². The van der Waals surface area contributed by atoms with E-state index in [4.69, 9.17) is 0 Å². The Morgan fingerprint density at radius 3 is 2.58 bits per heavy atom. The molecular weight excluding hydrogens is 155 g/mol. The van der Waals surface area contributed by atoms with E-state index >= 15 is 0 Å². The van der Waals surface area contributed by atoms with Crippen LogP contribution in [0.4, 0.5) is 4.39 Å². The molecule has 1 N–H and O–H groups in total. The summed E-state index contributed by atoms with van der Waals surface area (Å²) >= 11 is 0. The molecule has 1 nitrogen and oxygen atoms in total. The highest BCUT2D eigenvalue weighted by Crippen LogP contribution is 2.32. The molecule has 12 heavy (non-hydrogen) atoms. The number of rotatable bonds is 1. The molecule has 0 spiro atoms. The zero-order valence-corrected chi connectivity index (χ0v) is 7.76. The van der Waals surface area contributed by atoms with Crippen molar-refractivity contribution in [2.45, 2.75) is 32.9 Å². The van der Waals surface area contributed by atoms with Crippen molar-refractivity contribution in [3.63, 3.8) is 0 Å². The van der Waals surface area contributed by atoms with Crippen LogP contribution in [0.25, 0.3) is 0 Å². The van der Waals surface area contributed by atoms with Gasteiger partial charge in [-0.3, -0.25) is 0 Å². The molecule has 68 valence electrons. The Morgan fingerprint density at radius 2 is 2.17 bits per heavy atom. The second-order valence-corrected chi connectivity index (χ2v) is 3.90. The van der Waals surface area contributed by atoms with Crippen molar-refractivity contribution in [3.8, 4) is 0 Å². The van der Waals surface area contributed by atoms with Crippen LogP contribution in [-0.4, -0.2) is 10.8 Å². The predicted octanol–water partition coefficient (Wildman–Crippen LogP) is 3.14. The first kappa shape index (κ1) is 9.30. The van der Waals surface area contributed by atoms with Crippen molar-refractivity contribution in [2.75, 3.05) is 0 Å². The lowest BCUT2D eigenvalue weighted by Gasteiger charge is -2.26. The SMILES string of the molecule is CC1=C(O)C=CC(C(C)(C)F)C1. The molecule has 2 heteroatoms. The van der Waals surface area contributed by atoms with Crippen LogP contribution in [0.1, 0.15) is 27.2 Å². The van der Waals surface area contributed by atoms with E-state index in [0.29, 0.717) is 6.42 Å². The van der Waals surface area contributed by atoms with Crippen molar-refractivity contribution in [1.82, 2.24) is 0 Å². The number of halogens is 1. The molecule has 1 aliphatic carbocycles. The van der Waals surface area contributed by atoms with Crippen LogP contribution in [0.3, 0.4) is 0 Å². The third kappa shape index (κ3) is 1.87. The molecule has 1 aliphatic rings. The minimum atomic E-state index is -1.20. The fraction of sp³-hybridized carbons (Fsp3) is 0.600. The molecule has 0 aromatic rings. The Labute approximate surface area is 72.6 Å². The largest absolute Gasteiger partial charge is 0.508 e. The van der Waals surface area contributed by atoms with Crippen molar-refractivity contribution < 1.29 is 9.50 Å². The summed E-state index contributed by atoms with van der Waals surface area (Å²) in [5.74, 6) is 0.184. The van der Waals surface area contributed by atoms with Gasteiger partial charge in [0.05, 0.1) is 0 Å². The van der Waals surface area contributed by atoms with Crippen molar-refractivity contribution in [2.24, 2.45) is 5.92 Å². The first-order chi connectivity index (χ1) is 5.41. The molecule has 0 aromatic carbocycles. The van der Waals surface area contributed by atoms with E-state index in [1.54, 1.807) is 26.0 Å². The van der Waals surface area contributed by atoms with Crippen molar-refractivity contribution in [1.29, 1.82) is 0 Å². The Balaban J connectivity index is 2.76. The molecule has 0 aromatic heterocycles. The molecule has 0 radical (unpaired) electrons. The summed E-state index contributed by atoms with van der Waals surface area (Å²) in [6.45, 7) is 4.97. The molecule has 0 amide bonds. The van der Waals surface area contributed by atoms with Crippen LogP contribution in [0.15, 0.2) is 23.5 Å². The minimum Gasteiger partial charge on any atom is -0.508 e. The van der Waals surface area contributed by atoms with Gasteiger partial charge in [0.25, 0.3) is 0 Å². The van der Waals surface area contributed by atoms with E-state index in [-0.39, 0.29) is 11.7 Å². The maximum Gasteiger partial charge on any atom is 0.114 e. The molecule has 0 fully saturated rings. The van der Waals surface area contributed by atoms with Gasteiger partial charge >= 0.3 is 0 Å². The number of aliphatic hydroxyl groups is 1. The molecule has 1 unspecified atom stereocenters. The summed E-state index contributed by atoms with van der Waals surface area (Å²) in [4.78, 5) is 0. The lowest BCUT2D eigenvalue weighted by molar-refractivity contribution is 0.151. The van der Waals surface area contributed by atoms with E-state index < -0.39 is 5.67 Å². The van der Waals surface area contributed by atoms with Crippen LogP contribution in [0.5, 0.6) is 0 Å². The molecule has 0 aliphatic heterocycles. The van der Waals surface area contributed by atoms with Gasteiger partial charge in [-0.15, -0.1) is 0 Å². The summed E-state index contributed by atoms with van der Waals surface area (Å²) in [6, 6.07) is 0. The van der Waals surface area contributed by atoms with Gasteiger partial charge in [-0.05, 0) is 38.8 Å². The van der Waals surface area contributed by atoms with E-state index in [1.807, 2.05) is 6.92 Å². The molecular formula is C10H15FO. The number of alkyl halides is 1. The average molecular weight is 170 g/mol. The Bertz CT molecular complexity index is 233. The van der Waals surface area contributed by atoms with Crippen molar-refractivity contribution in [3.05, 3.63) is 23.5 Å². The maximum atomic E-state index is 13.4. The Morgan fingerprint density at radius 1 is 1.58 bits per heavy atom. The van der Waals surface area contributed by atoms with Crippen LogP contribution >= 0.6 is 0 Å². The van der Waals surface area contributed by atoms with Gasteiger partial charge in [0.2, 0.25) is 0 Å². The number of hydrogen-bond acceptors (Lipinski definition) is 1. The third-order valence-electron chi connectivity index (χ3n) is 2.33. The van der Waals surface area contributed by atoms with Gasteiger partial charge in [-0.25, -0.2) is 4.39 Å². The Hall–Kier alpha value is -0.790. The van der Waals surface area contributed by atoms with Gasteiger partial charge in [-0.1, -0.05) is 6.08 Å². The highest BCUT2D eigenvalue weighted by Gasteiger charge is 2.29. The molecule has 1 rings (SSSR count). The standard InChI is InChI=1S/C10H15FO/c1-7-6-8(10(2,3)11)4-5-9(7)12/h4-5,8,12H,6H2,1-3H3. The summed E-state index contributed by atoms with van der Waals surface area (Å²) in [6.07, 6.45) is 3.94. The first-order valence-corrected chi connectivity index (χ1v) is 4.17. The molecule has 0 saturated carbocycles. The normalized spacial score (nSPS) is 24.8. The first-order valence-electron chi connectivity index (χ1n) is 4.17. The van der Waals surface area contributed by atoms with E-state index in [0.717, 1.165) is 5.57 Å². The fourth-order valence-electron chi connectivity index (χ4n) is 1.32. The predicted molar refractivity (Wildman–Crippen MR) is 47.8 cm³/mol. The summed E-state index contributed by atoms with van der Waals surface area (Å²) in [5.41, 5.74) is -0.327. The van der Waals surface area contributed by atoms with Crippen LogP contribution < -0.4 is 0 Å². The molecule has 0 bridgehead atoms. The summed E-state index contributed by atoms with van der Waals surface area (Å²) in [7, 11) is 0. The van der Waals surface area contributed by atoms with Gasteiger partial charge < -0.3 is 5.11 Å². The quantitative estimate of drug-likeness (QED) is 0.641. The number of allylic oxidation sites excluding steroid dienone is 3. The van der Waals surface area contributed by atoms with Crippen LogP contribution in [0.2, 0.25) is 0 Å². The second-order valence-electron chi connectivity index (χ2n) is 3.90. The van der Waals surface area contributed by atoms with Gasteiger partial charge in [0.15, 0.2) is 0 Å². The monoisotopic (exact) mass is 170 g/mol. The van der Waals surface area contributed by atoms with E-state index in [9.17, 15) is 9.50 Å². The third-order valence-corrected chi connectivity index (χ3v) is 2.33. The highest BCUT2D eigenvalue weighted by atomic mass is 19.1. The highest BCUT2D eigenvalue weighted by molar-refractivity contribution is 5.25. The van der Waals surface area contributed by atoms with Crippen LogP contribution in [0, 0.1) is 5.92 Å². The summed E-state index contributed by atoms with van der Waals surface area (Å²) in [5, 5.41) is 9.23. The lowest BCUT2D eigenvalue weighted by atomic mass is 9.84. The maximum absolute atomic E-state index is 13.4. The smallest absolute Gasteiger partial charge is 0.114 e. The number of hydrogen-bond donors (Lipinski definition) is 1. The summed E-state index contributed by atoms with van der Waals surface area (Å²) < 4.78 is 13.4. The fourth-order valence-corrected chi connectivity index (χ4v) is 1.32. The zero-order chi connectivity index (χ0) is 9.35. The molecule has 0 saturated heterocycles.